The number of aliphatic carboxylic acids is 1. The number of alkyl halides is 3. The molecule has 8 heteroatoms. The fourth-order valence-electron chi connectivity index (χ4n) is 1.83. The van der Waals surface area contributed by atoms with Crippen molar-refractivity contribution in [3.8, 4) is 0 Å². The lowest BCUT2D eigenvalue weighted by molar-refractivity contribution is -0.203. The topological polar surface area (TPSA) is 66.8 Å². The number of rotatable bonds is 1. The molecule has 1 N–H and O–H groups in total. The SMILES string of the molecule is CC1CN(C(=O)C(F)(F)F)C(C(=O)O)C(C)O1. The molecule has 3 unspecified atom stereocenters. The largest absolute Gasteiger partial charge is 0.480 e. The van der Waals surface area contributed by atoms with Gasteiger partial charge in [-0.15, -0.1) is 0 Å². The molecule has 0 radical (unpaired) electrons. The maximum Gasteiger partial charge on any atom is 0.471 e. The van der Waals surface area contributed by atoms with Gasteiger partial charge in [-0.1, -0.05) is 0 Å². The van der Waals surface area contributed by atoms with E-state index in [0.717, 1.165) is 0 Å². The second kappa shape index (κ2) is 4.52. The summed E-state index contributed by atoms with van der Waals surface area (Å²) in [4.78, 5) is 22.3. The Kier molecular flexibility index (Phi) is 3.65. The molecule has 0 aromatic rings. The van der Waals surface area contributed by atoms with Crippen molar-refractivity contribution in [2.45, 2.75) is 38.3 Å². The molecule has 0 bridgehead atoms. The summed E-state index contributed by atoms with van der Waals surface area (Å²) < 4.78 is 42.0. The van der Waals surface area contributed by atoms with Crippen LogP contribution in [0.3, 0.4) is 0 Å². The highest BCUT2D eigenvalue weighted by molar-refractivity contribution is 5.87. The van der Waals surface area contributed by atoms with E-state index in [9.17, 15) is 22.8 Å². The number of halogens is 3. The smallest absolute Gasteiger partial charge is 0.471 e. The van der Waals surface area contributed by atoms with Crippen molar-refractivity contribution in [2.24, 2.45) is 0 Å². The number of nitrogens with zero attached hydrogens (tertiary/aromatic N) is 1. The summed E-state index contributed by atoms with van der Waals surface area (Å²) in [5.74, 6) is -3.66. The molecule has 3 atom stereocenters. The number of ether oxygens (including phenoxy) is 1. The quantitative estimate of drug-likeness (QED) is 0.746. The first-order valence-electron chi connectivity index (χ1n) is 4.90. The molecule has 0 aromatic carbocycles. The van der Waals surface area contributed by atoms with Crippen LogP contribution in [0.15, 0.2) is 0 Å². The Hall–Kier alpha value is -1.31. The van der Waals surface area contributed by atoms with Crippen LogP contribution < -0.4 is 0 Å². The third kappa shape index (κ3) is 2.87. The number of carbonyl (C=O) groups is 2. The van der Waals surface area contributed by atoms with E-state index in [-0.39, 0.29) is 6.54 Å². The van der Waals surface area contributed by atoms with Gasteiger partial charge in [0.15, 0.2) is 6.04 Å². The minimum absolute atomic E-state index is 0.307. The van der Waals surface area contributed by atoms with E-state index in [1.54, 1.807) is 0 Å². The second-order valence-corrected chi connectivity index (χ2v) is 3.89. The molecule has 1 aliphatic heterocycles. The molecule has 0 aliphatic carbocycles. The van der Waals surface area contributed by atoms with E-state index >= 15 is 0 Å². The van der Waals surface area contributed by atoms with E-state index in [4.69, 9.17) is 9.84 Å². The zero-order valence-electron chi connectivity index (χ0n) is 9.19. The van der Waals surface area contributed by atoms with Crippen LogP contribution in [0, 0.1) is 0 Å². The summed E-state index contributed by atoms with van der Waals surface area (Å²) in [5.41, 5.74) is 0. The van der Waals surface area contributed by atoms with Gasteiger partial charge in [-0.05, 0) is 13.8 Å². The number of hydrogen-bond acceptors (Lipinski definition) is 3. The minimum Gasteiger partial charge on any atom is -0.480 e. The maximum atomic E-state index is 12.3. The van der Waals surface area contributed by atoms with Crippen molar-refractivity contribution in [2.75, 3.05) is 6.54 Å². The minimum atomic E-state index is -5.08. The molecule has 1 rings (SSSR count). The second-order valence-electron chi connectivity index (χ2n) is 3.89. The first-order valence-corrected chi connectivity index (χ1v) is 4.90. The molecule has 1 aliphatic rings. The number of carbonyl (C=O) groups excluding carboxylic acids is 1. The van der Waals surface area contributed by atoms with Gasteiger partial charge >= 0.3 is 18.1 Å². The highest BCUT2D eigenvalue weighted by Crippen LogP contribution is 2.25. The van der Waals surface area contributed by atoms with E-state index in [0.29, 0.717) is 4.90 Å². The molecule has 5 nitrogen and oxygen atoms in total. The van der Waals surface area contributed by atoms with Gasteiger partial charge in [0, 0.05) is 6.54 Å². The van der Waals surface area contributed by atoms with E-state index < -0.39 is 36.3 Å². The van der Waals surface area contributed by atoms with Crippen molar-refractivity contribution in [3.05, 3.63) is 0 Å². The summed E-state index contributed by atoms with van der Waals surface area (Å²) >= 11 is 0. The van der Waals surface area contributed by atoms with E-state index in [1.165, 1.54) is 13.8 Å². The summed E-state index contributed by atoms with van der Waals surface area (Å²) in [6.45, 7) is 2.41. The maximum absolute atomic E-state index is 12.3. The summed E-state index contributed by atoms with van der Waals surface area (Å²) in [5, 5.41) is 8.84. The molecule has 0 saturated carbocycles. The summed E-state index contributed by atoms with van der Waals surface area (Å²) in [6.07, 6.45) is -6.70. The Morgan fingerprint density at radius 3 is 2.29 bits per heavy atom. The Bertz CT molecular complexity index is 331. The van der Waals surface area contributed by atoms with Crippen molar-refractivity contribution in [1.29, 1.82) is 0 Å². The van der Waals surface area contributed by atoms with Crippen molar-refractivity contribution in [3.63, 3.8) is 0 Å². The van der Waals surface area contributed by atoms with Gasteiger partial charge in [0.1, 0.15) is 0 Å². The van der Waals surface area contributed by atoms with E-state index in [1.807, 2.05) is 0 Å². The molecule has 1 amide bonds. The van der Waals surface area contributed by atoms with Crippen molar-refractivity contribution in [1.82, 2.24) is 4.90 Å². The van der Waals surface area contributed by atoms with Gasteiger partial charge < -0.3 is 14.7 Å². The first kappa shape index (κ1) is 13.8. The molecular weight excluding hydrogens is 243 g/mol. The van der Waals surface area contributed by atoms with Crippen LogP contribution in [-0.4, -0.2) is 52.9 Å². The highest BCUT2D eigenvalue weighted by Gasteiger charge is 2.50. The number of amides is 1. The molecule has 98 valence electrons. The normalized spacial score (nSPS) is 30.2. The van der Waals surface area contributed by atoms with Crippen LogP contribution in [-0.2, 0) is 14.3 Å². The summed E-state index contributed by atoms with van der Waals surface area (Å²) in [6, 6.07) is -1.61. The fraction of sp³-hybridized carbons (Fsp3) is 0.778. The molecule has 1 saturated heterocycles. The van der Waals surface area contributed by atoms with Gasteiger partial charge in [0.25, 0.3) is 0 Å². The lowest BCUT2D eigenvalue weighted by Gasteiger charge is -2.40. The number of carboxylic acid groups (broad SMARTS) is 1. The van der Waals surface area contributed by atoms with Crippen LogP contribution in [0.25, 0.3) is 0 Å². The van der Waals surface area contributed by atoms with Crippen molar-refractivity contribution >= 4 is 11.9 Å². The van der Waals surface area contributed by atoms with E-state index in [2.05, 4.69) is 0 Å². The zero-order valence-corrected chi connectivity index (χ0v) is 9.19. The third-order valence-corrected chi connectivity index (χ3v) is 2.44. The molecule has 1 heterocycles. The van der Waals surface area contributed by atoms with Gasteiger partial charge in [-0.25, -0.2) is 4.79 Å². The molecular formula is C9H12F3NO4. The predicted octanol–water partition coefficient (Wildman–Crippen LogP) is 0.638. The molecule has 0 spiro atoms. The third-order valence-electron chi connectivity index (χ3n) is 2.44. The lowest BCUT2D eigenvalue weighted by Crippen LogP contribution is -2.61. The monoisotopic (exact) mass is 255 g/mol. The van der Waals surface area contributed by atoms with Gasteiger partial charge in [0.2, 0.25) is 0 Å². The molecule has 17 heavy (non-hydrogen) atoms. The Morgan fingerprint density at radius 1 is 1.35 bits per heavy atom. The van der Waals surface area contributed by atoms with Crippen molar-refractivity contribution < 1.29 is 32.6 Å². The number of morpholine rings is 1. The Morgan fingerprint density at radius 2 is 1.88 bits per heavy atom. The van der Waals surface area contributed by atoms with Crippen LogP contribution in [0.1, 0.15) is 13.8 Å². The van der Waals surface area contributed by atoms with Crippen LogP contribution >= 0.6 is 0 Å². The van der Waals surface area contributed by atoms with Crippen LogP contribution in [0.4, 0.5) is 13.2 Å². The average Bonchev–Trinajstić information content (AvgIpc) is 2.12. The zero-order chi connectivity index (χ0) is 13.4. The van der Waals surface area contributed by atoms with Gasteiger partial charge in [-0.3, -0.25) is 4.79 Å². The highest BCUT2D eigenvalue weighted by atomic mass is 19.4. The predicted molar refractivity (Wildman–Crippen MR) is 49.2 cm³/mol. The van der Waals surface area contributed by atoms with Gasteiger partial charge in [-0.2, -0.15) is 13.2 Å². The lowest BCUT2D eigenvalue weighted by atomic mass is 10.1. The molecule has 1 fully saturated rings. The first-order chi connectivity index (χ1) is 7.64. The Balaban J connectivity index is 2.99. The number of carboxylic acids is 1. The van der Waals surface area contributed by atoms with Gasteiger partial charge in [0.05, 0.1) is 12.2 Å². The number of hydrogen-bond donors (Lipinski definition) is 1. The fourth-order valence-corrected chi connectivity index (χ4v) is 1.83. The van der Waals surface area contributed by atoms with Crippen LogP contribution in [0.5, 0.6) is 0 Å². The standard InChI is InChI=1S/C9H12F3NO4/c1-4-3-13(8(16)9(10,11)12)6(7(14)15)5(2)17-4/h4-6H,3H2,1-2H3,(H,14,15). The molecule has 0 aromatic heterocycles. The summed E-state index contributed by atoms with van der Waals surface area (Å²) in [7, 11) is 0. The Labute approximate surface area is 95.1 Å². The van der Waals surface area contributed by atoms with Crippen LogP contribution in [0.2, 0.25) is 0 Å². The average molecular weight is 255 g/mol.